The highest BCUT2D eigenvalue weighted by molar-refractivity contribution is 7.93. The van der Waals surface area contributed by atoms with Gasteiger partial charge in [-0.05, 0) is 69.5 Å². The number of amides is 2. The zero-order valence-corrected chi connectivity index (χ0v) is 20.7. The quantitative estimate of drug-likeness (QED) is 0.572. The van der Waals surface area contributed by atoms with E-state index < -0.39 is 21.7 Å². The molecule has 184 valence electrons. The number of pyridine rings is 1. The maximum Gasteiger partial charge on any atom is 0.410 e. The van der Waals surface area contributed by atoms with Crippen LogP contribution in [0.2, 0.25) is 0 Å². The van der Waals surface area contributed by atoms with Gasteiger partial charge in [-0.25, -0.2) is 13.2 Å². The molecule has 0 saturated carbocycles. The summed E-state index contributed by atoms with van der Waals surface area (Å²) in [7, 11) is -3.25. The number of carbonyl (C=O) groups excluding carboxylic acids is 2. The van der Waals surface area contributed by atoms with Gasteiger partial charge in [0.25, 0.3) is 5.91 Å². The molecule has 1 aliphatic rings. The zero-order chi connectivity index (χ0) is 24.8. The molecule has 0 aliphatic carbocycles. The van der Waals surface area contributed by atoms with Crippen molar-refractivity contribution in [2.75, 3.05) is 29.7 Å². The van der Waals surface area contributed by atoms with Crippen LogP contribution in [-0.4, -0.2) is 61.3 Å². The van der Waals surface area contributed by atoms with Gasteiger partial charge in [0, 0.05) is 37.6 Å². The minimum Gasteiger partial charge on any atom is -0.444 e. The maximum absolute atomic E-state index is 12.6. The molecule has 34 heavy (non-hydrogen) atoms. The van der Waals surface area contributed by atoms with Crippen LogP contribution in [-0.2, 0) is 21.3 Å². The van der Waals surface area contributed by atoms with Crippen LogP contribution in [0.5, 0.6) is 0 Å². The monoisotopic (exact) mass is 488 g/mol. The average Bonchev–Trinajstić information content (AvgIpc) is 3.14. The highest BCUT2D eigenvalue weighted by atomic mass is 32.2. The Morgan fingerprint density at radius 3 is 2.50 bits per heavy atom. The standard InChI is InChI=1S/C24H32N4O5S/c1-24(2,3)33-23(30)27(18-19-7-4-12-25-17-19)14-5-13-26-22(29)20-8-10-21(11-9-20)28-15-6-16-34(28,31)32/h4,7-12,17H,5-6,13-16,18H2,1-3H3,(H,26,29). The Morgan fingerprint density at radius 2 is 1.91 bits per heavy atom. The average molecular weight is 489 g/mol. The van der Waals surface area contributed by atoms with E-state index >= 15 is 0 Å². The van der Waals surface area contributed by atoms with E-state index in [-0.39, 0.29) is 11.7 Å². The van der Waals surface area contributed by atoms with Gasteiger partial charge in [0.2, 0.25) is 10.0 Å². The fourth-order valence-electron chi connectivity index (χ4n) is 3.56. The number of hydrogen-bond donors (Lipinski definition) is 1. The van der Waals surface area contributed by atoms with E-state index in [0.29, 0.717) is 50.3 Å². The number of hydrogen-bond acceptors (Lipinski definition) is 6. The second kappa shape index (κ2) is 10.9. The molecular formula is C24H32N4O5S. The molecule has 0 spiro atoms. The maximum atomic E-state index is 12.6. The molecule has 1 N–H and O–H groups in total. The summed E-state index contributed by atoms with van der Waals surface area (Å²) >= 11 is 0. The van der Waals surface area contributed by atoms with Crippen molar-refractivity contribution in [2.45, 2.75) is 45.8 Å². The van der Waals surface area contributed by atoms with Gasteiger partial charge in [0.15, 0.2) is 0 Å². The van der Waals surface area contributed by atoms with E-state index in [1.807, 2.05) is 32.9 Å². The number of aromatic nitrogens is 1. The molecular weight excluding hydrogens is 456 g/mol. The summed E-state index contributed by atoms with van der Waals surface area (Å²) in [6.45, 7) is 7.04. The third-order valence-corrected chi connectivity index (χ3v) is 7.02. The van der Waals surface area contributed by atoms with E-state index in [2.05, 4.69) is 10.3 Å². The molecule has 1 aliphatic heterocycles. The third kappa shape index (κ3) is 7.18. The van der Waals surface area contributed by atoms with Crippen LogP contribution in [0.4, 0.5) is 10.5 Å². The summed E-state index contributed by atoms with van der Waals surface area (Å²) in [5, 5.41) is 2.85. The van der Waals surface area contributed by atoms with E-state index in [4.69, 9.17) is 4.74 Å². The Kier molecular flexibility index (Phi) is 8.14. The Labute approximate surface area is 201 Å². The number of ether oxygens (including phenoxy) is 1. The summed E-state index contributed by atoms with van der Waals surface area (Å²) in [4.78, 5) is 30.8. The fraction of sp³-hybridized carbons (Fsp3) is 0.458. The van der Waals surface area contributed by atoms with Crippen molar-refractivity contribution in [3.05, 3.63) is 59.9 Å². The van der Waals surface area contributed by atoms with Crippen LogP contribution >= 0.6 is 0 Å². The van der Waals surface area contributed by atoms with Crippen molar-refractivity contribution in [3.8, 4) is 0 Å². The minimum absolute atomic E-state index is 0.149. The van der Waals surface area contributed by atoms with Crippen molar-refractivity contribution in [3.63, 3.8) is 0 Å². The number of sulfonamides is 1. The summed E-state index contributed by atoms with van der Waals surface area (Å²) in [5.41, 5.74) is 1.29. The lowest BCUT2D eigenvalue weighted by atomic mass is 10.2. The molecule has 1 aromatic carbocycles. The lowest BCUT2D eigenvalue weighted by Gasteiger charge is -2.27. The molecule has 0 unspecified atom stereocenters. The molecule has 9 nitrogen and oxygen atoms in total. The molecule has 1 aromatic heterocycles. The number of carbonyl (C=O) groups is 2. The van der Waals surface area contributed by atoms with E-state index in [1.165, 1.54) is 4.31 Å². The second-order valence-electron chi connectivity index (χ2n) is 9.16. The molecule has 0 bridgehead atoms. The predicted octanol–water partition coefficient (Wildman–Crippen LogP) is 3.18. The molecule has 0 atom stereocenters. The fourth-order valence-corrected chi connectivity index (χ4v) is 5.12. The molecule has 1 fully saturated rings. The minimum atomic E-state index is -3.25. The van der Waals surface area contributed by atoms with Crippen molar-refractivity contribution in [1.29, 1.82) is 0 Å². The first-order valence-electron chi connectivity index (χ1n) is 11.3. The highest BCUT2D eigenvalue weighted by Gasteiger charge is 2.28. The lowest BCUT2D eigenvalue weighted by Crippen LogP contribution is -2.38. The normalized spacial score (nSPS) is 15.1. The van der Waals surface area contributed by atoms with Crippen LogP contribution in [0.3, 0.4) is 0 Å². The SMILES string of the molecule is CC(C)(C)OC(=O)N(CCCNC(=O)c1ccc(N2CCCS2(=O)=O)cc1)Cc1cccnc1. The van der Waals surface area contributed by atoms with Crippen LogP contribution in [0, 0.1) is 0 Å². The van der Waals surface area contributed by atoms with Crippen LogP contribution in [0.1, 0.15) is 49.5 Å². The van der Waals surface area contributed by atoms with E-state index in [9.17, 15) is 18.0 Å². The zero-order valence-electron chi connectivity index (χ0n) is 19.9. The number of benzene rings is 1. The Hall–Kier alpha value is -3.14. The largest absolute Gasteiger partial charge is 0.444 e. The molecule has 0 radical (unpaired) electrons. The topological polar surface area (TPSA) is 109 Å². The van der Waals surface area contributed by atoms with Gasteiger partial charge in [0.1, 0.15) is 5.60 Å². The van der Waals surface area contributed by atoms with E-state index in [1.54, 1.807) is 41.6 Å². The smallest absolute Gasteiger partial charge is 0.410 e. The summed E-state index contributed by atoms with van der Waals surface area (Å²) < 4.78 is 31.0. The summed E-state index contributed by atoms with van der Waals surface area (Å²) in [6, 6.07) is 10.2. The third-order valence-electron chi connectivity index (χ3n) is 5.16. The second-order valence-corrected chi connectivity index (χ2v) is 11.2. The molecule has 10 heteroatoms. The first-order chi connectivity index (χ1) is 16.0. The van der Waals surface area contributed by atoms with Crippen LogP contribution in [0.15, 0.2) is 48.8 Å². The van der Waals surface area contributed by atoms with Crippen LogP contribution < -0.4 is 9.62 Å². The van der Waals surface area contributed by atoms with Crippen molar-refractivity contribution >= 4 is 27.7 Å². The summed E-state index contributed by atoms with van der Waals surface area (Å²) in [5.74, 6) is -0.108. The Morgan fingerprint density at radius 1 is 1.18 bits per heavy atom. The number of nitrogens with zero attached hydrogens (tertiary/aromatic N) is 3. The predicted molar refractivity (Wildman–Crippen MR) is 130 cm³/mol. The van der Waals surface area contributed by atoms with Gasteiger partial charge in [-0.15, -0.1) is 0 Å². The lowest BCUT2D eigenvalue weighted by molar-refractivity contribution is 0.0232. The summed E-state index contributed by atoms with van der Waals surface area (Å²) in [6.07, 6.45) is 4.10. The highest BCUT2D eigenvalue weighted by Crippen LogP contribution is 2.24. The molecule has 3 rings (SSSR count). The first-order valence-corrected chi connectivity index (χ1v) is 12.9. The van der Waals surface area contributed by atoms with Gasteiger partial charge >= 0.3 is 6.09 Å². The molecule has 1 saturated heterocycles. The number of anilines is 1. The Bertz CT molecular complexity index is 1080. The van der Waals surface area contributed by atoms with Gasteiger partial charge in [-0.3, -0.25) is 14.1 Å². The van der Waals surface area contributed by atoms with Crippen molar-refractivity contribution in [1.82, 2.24) is 15.2 Å². The molecule has 2 aromatic rings. The molecule has 2 amide bonds. The number of nitrogens with one attached hydrogen (secondary N) is 1. The van der Waals surface area contributed by atoms with E-state index in [0.717, 1.165) is 5.56 Å². The van der Waals surface area contributed by atoms with Gasteiger partial charge in [-0.2, -0.15) is 0 Å². The van der Waals surface area contributed by atoms with Crippen molar-refractivity contribution < 1.29 is 22.7 Å². The van der Waals surface area contributed by atoms with Gasteiger partial charge in [-0.1, -0.05) is 6.07 Å². The van der Waals surface area contributed by atoms with Crippen molar-refractivity contribution in [2.24, 2.45) is 0 Å². The molecule has 2 heterocycles. The number of rotatable bonds is 8. The van der Waals surface area contributed by atoms with Crippen LogP contribution in [0.25, 0.3) is 0 Å². The van der Waals surface area contributed by atoms with Gasteiger partial charge < -0.3 is 15.0 Å². The van der Waals surface area contributed by atoms with Gasteiger partial charge in [0.05, 0.1) is 18.0 Å². The Balaban J connectivity index is 1.53. The first kappa shape index (κ1) is 25.5.